The van der Waals surface area contributed by atoms with Crippen molar-refractivity contribution in [1.82, 2.24) is 0 Å². The van der Waals surface area contributed by atoms with Crippen LogP contribution >= 0.6 is 23.4 Å². The van der Waals surface area contributed by atoms with Gasteiger partial charge in [-0.1, -0.05) is 29.8 Å². The molecule has 0 aromatic heterocycles. The van der Waals surface area contributed by atoms with Gasteiger partial charge < -0.3 is 5.11 Å². The average molecular weight is 217 g/mol. The molecule has 0 aliphatic carbocycles. The van der Waals surface area contributed by atoms with E-state index in [0.717, 1.165) is 22.9 Å². The van der Waals surface area contributed by atoms with Crippen LogP contribution in [0.2, 0.25) is 5.02 Å². The van der Waals surface area contributed by atoms with Gasteiger partial charge in [0.1, 0.15) is 0 Å². The Balaban J connectivity index is 2.32. The summed E-state index contributed by atoms with van der Waals surface area (Å²) in [4.78, 5) is 0. The smallest absolute Gasteiger partial charge is 0.0446 e. The molecule has 1 nitrogen and oxygen atoms in total. The minimum atomic E-state index is 0.273. The minimum absolute atomic E-state index is 0.273. The van der Waals surface area contributed by atoms with Crippen molar-refractivity contribution >= 4 is 23.4 Å². The van der Waals surface area contributed by atoms with Gasteiger partial charge in [-0.05, 0) is 23.8 Å². The molecule has 1 N–H and O–H groups in total. The van der Waals surface area contributed by atoms with Crippen LogP contribution < -0.4 is 0 Å². The Morgan fingerprint density at radius 1 is 1.31 bits per heavy atom. The van der Waals surface area contributed by atoms with E-state index >= 15 is 0 Å². The fraction of sp³-hybridized carbons (Fsp3) is 0.400. The Labute approximate surface area is 88.1 Å². The van der Waals surface area contributed by atoms with E-state index in [9.17, 15) is 0 Å². The third-order valence-electron chi connectivity index (χ3n) is 1.66. The normalized spacial score (nSPS) is 10.3. The highest BCUT2D eigenvalue weighted by molar-refractivity contribution is 7.98. The molecule has 1 aromatic carbocycles. The van der Waals surface area contributed by atoms with Crippen LogP contribution in [0, 0.1) is 0 Å². The van der Waals surface area contributed by atoms with E-state index in [1.54, 1.807) is 11.8 Å². The maximum atomic E-state index is 8.58. The summed E-state index contributed by atoms with van der Waals surface area (Å²) in [6, 6.07) is 7.87. The van der Waals surface area contributed by atoms with Crippen LogP contribution in [-0.4, -0.2) is 17.5 Å². The number of rotatable bonds is 5. The molecule has 0 saturated carbocycles. The molecule has 13 heavy (non-hydrogen) atoms. The number of halogens is 1. The largest absolute Gasteiger partial charge is 0.396 e. The predicted octanol–water partition coefficient (Wildman–Crippen LogP) is 2.96. The molecule has 0 radical (unpaired) electrons. The maximum Gasteiger partial charge on any atom is 0.0446 e. The lowest BCUT2D eigenvalue weighted by atomic mass is 10.2. The van der Waals surface area contributed by atoms with Crippen LogP contribution in [0.15, 0.2) is 24.3 Å². The lowest BCUT2D eigenvalue weighted by Gasteiger charge is -2.02. The van der Waals surface area contributed by atoms with Crippen molar-refractivity contribution in [2.45, 2.75) is 12.2 Å². The van der Waals surface area contributed by atoms with Crippen LogP contribution in [0.1, 0.15) is 12.0 Å². The summed E-state index contributed by atoms with van der Waals surface area (Å²) in [5.41, 5.74) is 1.17. The number of aliphatic hydroxyl groups is 1. The fourth-order valence-electron chi connectivity index (χ4n) is 0.964. The highest BCUT2D eigenvalue weighted by Crippen LogP contribution is 2.20. The number of aliphatic hydroxyl groups excluding tert-OH is 1. The van der Waals surface area contributed by atoms with Crippen molar-refractivity contribution in [2.24, 2.45) is 0 Å². The standard InChI is InChI=1S/C10H13ClOS/c11-10-5-2-1-4-9(10)8-13-7-3-6-12/h1-2,4-5,12H,3,6-8H2. The summed E-state index contributed by atoms with van der Waals surface area (Å²) in [5.74, 6) is 1.92. The van der Waals surface area contributed by atoms with Gasteiger partial charge in [0.05, 0.1) is 0 Å². The first-order chi connectivity index (χ1) is 6.34. The molecule has 0 spiro atoms. The minimum Gasteiger partial charge on any atom is -0.396 e. The van der Waals surface area contributed by atoms with Gasteiger partial charge >= 0.3 is 0 Å². The molecule has 0 heterocycles. The van der Waals surface area contributed by atoms with Gasteiger partial charge in [-0.3, -0.25) is 0 Å². The van der Waals surface area contributed by atoms with E-state index in [0.29, 0.717) is 0 Å². The Bertz CT molecular complexity index is 252. The Morgan fingerprint density at radius 2 is 2.08 bits per heavy atom. The summed E-state index contributed by atoms with van der Waals surface area (Å²) in [5, 5.41) is 9.41. The van der Waals surface area contributed by atoms with Gasteiger partial charge in [-0.2, -0.15) is 11.8 Å². The highest BCUT2D eigenvalue weighted by atomic mass is 35.5. The van der Waals surface area contributed by atoms with Crippen LogP contribution in [-0.2, 0) is 5.75 Å². The summed E-state index contributed by atoms with van der Waals surface area (Å²) in [7, 11) is 0. The van der Waals surface area contributed by atoms with E-state index in [-0.39, 0.29) is 6.61 Å². The fourth-order valence-corrected chi connectivity index (χ4v) is 2.20. The van der Waals surface area contributed by atoms with Crippen molar-refractivity contribution in [1.29, 1.82) is 0 Å². The van der Waals surface area contributed by atoms with Crippen LogP contribution in [0.5, 0.6) is 0 Å². The molecule has 1 rings (SSSR count). The topological polar surface area (TPSA) is 20.2 Å². The van der Waals surface area contributed by atoms with E-state index in [4.69, 9.17) is 16.7 Å². The Morgan fingerprint density at radius 3 is 2.77 bits per heavy atom. The van der Waals surface area contributed by atoms with Crippen molar-refractivity contribution < 1.29 is 5.11 Å². The monoisotopic (exact) mass is 216 g/mol. The molecule has 1 aromatic rings. The second-order valence-electron chi connectivity index (χ2n) is 2.72. The van der Waals surface area contributed by atoms with E-state index < -0.39 is 0 Å². The highest BCUT2D eigenvalue weighted by Gasteiger charge is 1.97. The number of hydrogen-bond donors (Lipinski definition) is 1. The predicted molar refractivity (Wildman–Crippen MR) is 59.3 cm³/mol. The van der Waals surface area contributed by atoms with E-state index in [2.05, 4.69) is 0 Å². The van der Waals surface area contributed by atoms with Gasteiger partial charge in [-0.15, -0.1) is 0 Å². The maximum absolute atomic E-state index is 8.58. The molecule has 0 aliphatic heterocycles. The van der Waals surface area contributed by atoms with E-state index in [1.807, 2.05) is 24.3 Å². The summed E-state index contributed by atoms with van der Waals surface area (Å²) >= 11 is 7.77. The summed E-state index contributed by atoms with van der Waals surface area (Å²) in [6.07, 6.45) is 0.856. The number of thioether (sulfide) groups is 1. The lowest BCUT2D eigenvalue weighted by Crippen LogP contribution is -1.87. The van der Waals surface area contributed by atoms with Crippen molar-refractivity contribution in [3.63, 3.8) is 0 Å². The molecule has 0 amide bonds. The first-order valence-electron chi connectivity index (χ1n) is 4.26. The average Bonchev–Trinajstić information content (AvgIpc) is 2.15. The summed E-state index contributed by atoms with van der Waals surface area (Å²) in [6.45, 7) is 0.273. The second-order valence-corrected chi connectivity index (χ2v) is 4.23. The molecule has 0 aliphatic rings. The molecule has 72 valence electrons. The van der Waals surface area contributed by atoms with Crippen molar-refractivity contribution in [2.75, 3.05) is 12.4 Å². The van der Waals surface area contributed by atoms with Crippen LogP contribution in [0.4, 0.5) is 0 Å². The van der Waals surface area contributed by atoms with Crippen LogP contribution in [0.25, 0.3) is 0 Å². The van der Waals surface area contributed by atoms with Gasteiger partial charge in [0.15, 0.2) is 0 Å². The molecular formula is C10H13ClOS. The van der Waals surface area contributed by atoms with Crippen molar-refractivity contribution in [3.8, 4) is 0 Å². The van der Waals surface area contributed by atoms with Gasteiger partial charge in [0, 0.05) is 17.4 Å². The first kappa shape index (κ1) is 10.9. The number of benzene rings is 1. The zero-order chi connectivity index (χ0) is 9.52. The Hall–Kier alpha value is -0.180. The second kappa shape index (κ2) is 6.30. The lowest BCUT2D eigenvalue weighted by molar-refractivity contribution is 0.296. The third kappa shape index (κ3) is 4.03. The SMILES string of the molecule is OCCCSCc1ccccc1Cl. The molecule has 0 fully saturated rings. The van der Waals surface area contributed by atoms with Gasteiger partial charge in [0.2, 0.25) is 0 Å². The van der Waals surface area contributed by atoms with Crippen molar-refractivity contribution in [3.05, 3.63) is 34.9 Å². The van der Waals surface area contributed by atoms with Gasteiger partial charge in [0.25, 0.3) is 0 Å². The van der Waals surface area contributed by atoms with Gasteiger partial charge in [-0.25, -0.2) is 0 Å². The van der Waals surface area contributed by atoms with E-state index in [1.165, 1.54) is 5.56 Å². The zero-order valence-corrected chi connectivity index (χ0v) is 8.94. The molecule has 0 bridgehead atoms. The third-order valence-corrected chi connectivity index (χ3v) is 3.12. The Kier molecular flexibility index (Phi) is 5.28. The first-order valence-corrected chi connectivity index (χ1v) is 5.80. The molecule has 0 unspecified atom stereocenters. The zero-order valence-electron chi connectivity index (χ0n) is 7.37. The summed E-state index contributed by atoms with van der Waals surface area (Å²) < 4.78 is 0. The van der Waals surface area contributed by atoms with Crippen LogP contribution in [0.3, 0.4) is 0 Å². The quantitative estimate of drug-likeness (QED) is 0.764. The molecular weight excluding hydrogens is 204 g/mol. The molecule has 3 heteroatoms. The molecule has 0 saturated heterocycles. The molecule has 0 atom stereocenters. The number of hydrogen-bond acceptors (Lipinski definition) is 2.